The Hall–Kier alpha value is -3.80. The molecule has 0 aliphatic carbocycles. The summed E-state index contributed by atoms with van der Waals surface area (Å²) in [4.78, 5) is 43.7. The number of benzene rings is 2. The molecule has 182 valence electrons. The zero-order chi connectivity index (χ0) is 25.1. The van der Waals surface area contributed by atoms with E-state index in [1.807, 2.05) is 7.05 Å². The van der Waals surface area contributed by atoms with Gasteiger partial charge in [-0.1, -0.05) is 11.6 Å². The van der Waals surface area contributed by atoms with Gasteiger partial charge in [-0.05, 0) is 49.5 Å². The number of hydrogen-bond acceptors (Lipinski definition) is 6. The van der Waals surface area contributed by atoms with Crippen molar-refractivity contribution in [3.05, 3.63) is 76.6 Å². The first-order chi connectivity index (χ1) is 16.7. The van der Waals surface area contributed by atoms with E-state index in [0.29, 0.717) is 24.5 Å². The minimum atomic E-state index is -0.827. The third-order valence-electron chi connectivity index (χ3n) is 5.56. The molecule has 1 saturated heterocycles. The maximum atomic E-state index is 13.2. The lowest BCUT2D eigenvalue weighted by Crippen LogP contribution is -2.53. The van der Waals surface area contributed by atoms with Crippen LogP contribution in [-0.4, -0.2) is 70.4 Å². The molecule has 3 amide bonds. The number of nitrogens with zero attached hydrogens (tertiary/aromatic N) is 4. The Balaban J connectivity index is 1.54. The lowest BCUT2D eigenvalue weighted by atomic mass is 10.2. The van der Waals surface area contributed by atoms with Gasteiger partial charge in [0, 0.05) is 37.6 Å². The summed E-state index contributed by atoms with van der Waals surface area (Å²) in [7, 11) is 2.00. The molecule has 1 aliphatic rings. The van der Waals surface area contributed by atoms with Crippen molar-refractivity contribution in [1.82, 2.24) is 24.9 Å². The summed E-state index contributed by atoms with van der Waals surface area (Å²) in [6.45, 7) is 2.85. The average molecular weight is 500 g/mol. The molecule has 0 saturated carbocycles. The van der Waals surface area contributed by atoms with E-state index in [4.69, 9.17) is 17.3 Å². The molecule has 1 aromatic heterocycles. The van der Waals surface area contributed by atoms with Crippen LogP contribution in [0, 0.1) is 5.82 Å². The van der Waals surface area contributed by atoms with Crippen molar-refractivity contribution >= 4 is 35.0 Å². The van der Waals surface area contributed by atoms with E-state index in [-0.39, 0.29) is 22.0 Å². The molecule has 0 atom stereocenters. The van der Waals surface area contributed by atoms with Crippen molar-refractivity contribution in [2.75, 3.05) is 38.5 Å². The maximum absolute atomic E-state index is 13.2. The Bertz CT molecular complexity index is 1270. The lowest BCUT2D eigenvalue weighted by molar-refractivity contribution is 0.0652. The SMILES string of the molecule is CN1CCN(NC(=O)c2c(C(N)=O)ncn2-c2ccc(NC(=O)c3ccc(F)cc3Cl)cc2)CC1. The van der Waals surface area contributed by atoms with Crippen molar-refractivity contribution in [1.29, 1.82) is 0 Å². The molecule has 0 spiro atoms. The third-order valence-corrected chi connectivity index (χ3v) is 5.87. The van der Waals surface area contributed by atoms with Gasteiger partial charge in [0.25, 0.3) is 17.7 Å². The van der Waals surface area contributed by atoms with E-state index >= 15 is 0 Å². The number of imidazole rings is 1. The molecular weight excluding hydrogens is 477 g/mol. The molecule has 10 nitrogen and oxygen atoms in total. The number of halogens is 2. The molecule has 0 radical (unpaired) electrons. The second-order valence-corrected chi connectivity index (χ2v) is 8.44. The smallest absolute Gasteiger partial charge is 0.285 e. The third kappa shape index (κ3) is 5.48. The van der Waals surface area contributed by atoms with E-state index < -0.39 is 23.5 Å². The van der Waals surface area contributed by atoms with Gasteiger partial charge in [-0.15, -0.1) is 0 Å². The van der Waals surface area contributed by atoms with Crippen LogP contribution in [0.5, 0.6) is 0 Å². The molecule has 3 aromatic rings. The van der Waals surface area contributed by atoms with Gasteiger partial charge in [-0.3, -0.25) is 24.4 Å². The van der Waals surface area contributed by atoms with Crippen LogP contribution in [0.25, 0.3) is 5.69 Å². The molecule has 0 bridgehead atoms. The molecule has 2 heterocycles. The van der Waals surface area contributed by atoms with Crippen LogP contribution in [0.4, 0.5) is 10.1 Å². The van der Waals surface area contributed by atoms with Crippen molar-refractivity contribution in [2.45, 2.75) is 0 Å². The van der Waals surface area contributed by atoms with E-state index in [9.17, 15) is 18.8 Å². The van der Waals surface area contributed by atoms with E-state index in [2.05, 4.69) is 20.6 Å². The number of primary amides is 1. The molecule has 35 heavy (non-hydrogen) atoms. The van der Waals surface area contributed by atoms with E-state index in [1.165, 1.54) is 17.0 Å². The number of aromatic nitrogens is 2. The summed E-state index contributed by atoms with van der Waals surface area (Å²) in [5.74, 6) is -2.39. The largest absolute Gasteiger partial charge is 0.364 e. The molecule has 1 fully saturated rings. The number of likely N-dealkylation sites (N-methyl/N-ethyl adjacent to an activating group) is 1. The number of rotatable bonds is 6. The van der Waals surface area contributed by atoms with E-state index in [1.54, 1.807) is 29.3 Å². The monoisotopic (exact) mass is 499 g/mol. The normalized spacial score (nSPS) is 14.5. The average Bonchev–Trinajstić information content (AvgIpc) is 3.27. The van der Waals surface area contributed by atoms with Gasteiger partial charge in [-0.2, -0.15) is 0 Å². The van der Waals surface area contributed by atoms with Gasteiger partial charge >= 0.3 is 0 Å². The highest BCUT2D eigenvalue weighted by molar-refractivity contribution is 6.34. The van der Waals surface area contributed by atoms with Crippen molar-refractivity contribution in [2.24, 2.45) is 5.73 Å². The molecule has 0 unspecified atom stereocenters. The topological polar surface area (TPSA) is 126 Å². The minimum Gasteiger partial charge on any atom is -0.364 e. The van der Waals surface area contributed by atoms with Gasteiger partial charge in [0.2, 0.25) is 0 Å². The Morgan fingerprint density at radius 2 is 1.71 bits per heavy atom. The van der Waals surface area contributed by atoms with E-state index in [0.717, 1.165) is 25.2 Å². The number of carbonyl (C=O) groups is 3. The lowest BCUT2D eigenvalue weighted by Gasteiger charge is -2.32. The van der Waals surface area contributed by atoms with Crippen LogP contribution in [0.3, 0.4) is 0 Å². The van der Waals surface area contributed by atoms with Crippen LogP contribution in [-0.2, 0) is 0 Å². The fourth-order valence-corrected chi connectivity index (χ4v) is 3.89. The first-order valence-corrected chi connectivity index (χ1v) is 11.1. The molecule has 2 aromatic carbocycles. The van der Waals surface area contributed by atoms with Gasteiger partial charge in [0.05, 0.1) is 10.6 Å². The van der Waals surface area contributed by atoms with Gasteiger partial charge in [0.15, 0.2) is 5.69 Å². The van der Waals surface area contributed by atoms with Crippen molar-refractivity contribution in [3.63, 3.8) is 0 Å². The molecule has 1 aliphatic heterocycles. The zero-order valence-electron chi connectivity index (χ0n) is 18.8. The van der Waals surface area contributed by atoms with Crippen molar-refractivity contribution in [3.8, 4) is 5.69 Å². The summed E-state index contributed by atoms with van der Waals surface area (Å²) in [5.41, 5.74) is 9.21. The maximum Gasteiger partial charge on any atom is 0.285 e. The predicted molar refractivity (Wildman–Crippen MR) is 128 cm³/mol. The molecular formula is C23H23ClFN7O3. The fourth-order valence-electron chi connectivity index (χ4n) is 3.63. The Labute approximate surface area is 205 Å². The Morgan fingerprint density at radius 3 is 2.34 bits per heavy atom. The molecule has 12 heteroatoms. The standard InChI is InChI=1S/C23H23ClFN7O3/c1-30-8-10-31(11-9-30)29-23(35)20-19(21(26)33)27-13-32(20)16-5-3-15(4-6-16)28-22(34)17-7-2-14(25)12-18(17)24/h2-7,12-13H,8-11H2,1H3,(H2,26,33)(H,28,34)(H,29,35). The number of nitrogens with one attached hydrogen (secondary N) is 2. The highest BCUT2D eigenvalue weighted by Crippen LogP contribution is 2.21. The predicted octanol–water partition coefficient (Wildman–Crippen LogP) is 1.91. The van der Waals surface area contributed by atoms with Crippen LogP contribution < -0.4 is 16.5 Å². The summed E-state index contributed by atoms with van der Waals surface area (Å²) in [5, 5.41) is 4.46. The summed E-state index contributed by atoms with van der Waals surface area (Å²) in [6, 6.07) is 10.00. The highest BCUT2D eigenvalue weighted by Gasteiger charge is 2.25. The van der Waals surface area contributed by atoms with Crippen molar-refractivity contribution < 1.29 is 18.8 Å². The quantitative estimate of drug-likeness (QED) is 0.475. The molecule has 4 rings (SSSR count). The van der Waals surface area contributed by atoms with Gasteiger partial charge in [0.1, 0.15) is 17.8 Å². The fraction of sp³-hybridized carbons (Fsp3) is 0.217. The number of nitrogens with two attached hydrogens (primary N) is 1. The molecule has 4 N–H and O–H groups in total. The number of anilines is 1. The van der Waals surface area contributed by atoms with Crippen LogP contribution in [0.15, 0.2) is 48.8 Å². The first-order valence-electron chi connectivity index (χ1n) is 10.7. The number of hydrazine groups is 1. The van der Waals surface area contributed by atoms with Gasteiger partial charge in [-0.25, -0.2) is 14.4 Å². The summed E-state index contributed by atoms with van der Waals surface area (Å²) in [6.07, 6.45) is 1.34. The van der Waals surface area contributed by atoms with Crippen LogP contribution in [0.2, 0.25) is 5.02 Å². The Morgan fingerprint density at radius 1 is 1.03 bits per heavy atom. The van der Waals surface area contributed by atoms with Gasteiger partial charge < -0.3 is 16.0 Å². The summed E-state index contributed by atoms with van der Waals surface area (Å²) < 4.78 is 14.7. The van der Waals surface area contributed by atoms with Crippen LogP contribution >= 0.6 is 11.6 Å². The number of carbonyl (C=O) groups excluding carboxylic acids is 3. The second kappa shape index (κ2) is 10.2. The number of hydrogen-bond donors (Lipinski definition) is 3. The number of piperazine rings is 1. The highest BCUT2D eigenvalue weighted by atomic mass is 35.5. The first kappa shape index (κ1) is 24.3. The second-order valence-electron chi connectivity index (χ2n) is 8.03. The van der Waals surface area contributed by atoms with Crippen LogP contribution in [0.1, 0.15) is 31.3 Å². The zero-order valence-corrected chi connectivity index (χ0v) is 19.6. The Kier molecular flexibility index (Phi) is 7.10. The number of amides is 3. The summed E-state index contributed by atoms with van der Waals surface area (Å²) >= 11 is 5.96. The minimum absolute atomic E-state index is 0.00584.